The molecule has 3 nitrogen and oxygen atoms in total. The van der Waals surface area contributed by atoms with Crippen molar-refractivity contribution in [1.29, 1.82) is 0 Å². The van der Waals surface area contributed by atoms with E-state index in [-0.39, 0.29) is 11.2 Å². The van der Waals surface area contributed by atoms with Gasteiger partial charge in [-0.2, -0.15) is 0 Å². The van der Waals surface area contributed by atoms with Crippen LogP contribution < -0.4 is 0 Å². The zero-order valence-corrected chi connectivity index (χ0v) is 17.6. The SMILES string of the molecule is CC(C)(C)c1ccc(-c2cccc3c2oc2c3ccc3c(F)c4ccccc4n32)nc1. The molecular formula is C27H21FN2O. The average molecular weight is 408 g/mol. The van der Waals surface area contributed by atoms with Crippen molar-refractivity contribution in [2.45, 2.75) is 26.2 Å². The highest BCUT2D eigenvalue weighted by molar-refractivity contribution is 6.10. The molecule has 2 aromatic carbocycles. The van der Waals surface area contributed by atoms with Gasteiger partial charge < -0.3 is 4.42 Å². The highest BCUT2D eigenvalue weighted by atomic mass is 19.1. The second-order valence-electron chi connectivity index (χ2n) is 9.07. The first-order valence-corrected chi connectivity index (χ1v) is 10.4. The second kappa shape index (κ2) is 6.17. The lowest BCUT2D eigenvalue weighted by molar-refractivity contribution is 0.587. The molecule has 0 aliphatic heterocycles. The maximum Gasteiger partial charge on any atom is 0.213 e. The van der Waals surface area contributed by atoms with E-state index in [1.54, 1.807) is 6.07 Å². The zero-order valence-electron chi connectivity index (χ0n) is 17.6. The predicted octanol–water partition coefficient (Wildman–Crippen LogP) is 7.49. The smallest absolute Gasteiger partial charge is 0.213 e. The molecule has 152 valence electrons. The normalized spacial score (nSPS) is 12.5. The van der Waals surface area contributed by atoms with Crippen molar-refractivity contribution < 1.29 is 8.81 Å². The molecule has 4 heterocycles. The van der Waals surface area contributed by atoms with Crippen LogP contribution in [0.3, 0.4) is 0 Å². The molecule has 0 aliphatic carbocycles. The highest BCUT2D eigenvalue weighted by Crippen LogP contribution is 2.38. The van der Waals surface area contributed by atoms with Gasteiger partial charge in [0, 0.05) is 27.9 Å². The number of benzene rings is 2. The molecule has 0 unspecified atom stereocenters. The second-order valence-corrected chi connectivity index (χ2v) is 9.07. The van der Waals surface area contributed by atoms with E-state index in [4.69, 9.17) is 9.40 Å². The number of fused-ring (bicyclic) bond motifs is 7. The number of hydrogen-bond donors (Lipinski definition) is 0. The Balaban J connectivity index is 1.67. The van der Waals surface area contributed by atoms with Crippen LogP contribution in [0.1, 0.15) is 26.3 Å². The lowest BCUT2D eigenvalue weighted by Gasteiger charge is -2.18. The number of para-hydroxylation sites is 2. The Bertz CT molecular complexity index is 1620. The maximum absolute atomic E-state index is 15.0. The average Bonchev–Trinajstić information content (AvgIpc) is 3.29. The molecule has 0 amide bonds. The topological polar surface area (TPSA) is 30.4 Å². The fourth-order valence-corrected chi connectivity index (χ4v) is 4.40. The molecule has 31 heavy (non-hydrogen) atoms. The van der Waals surface area contributed by atoms with Crippen molar-refractivity contribution >= 4 is 38.5 Å². The van der Waals surface area contributed by atoms with Crippen LogP contribution in [0.25, 0.3) is 49.7 Å². The zero-order chi connectivity index (χ0) is 21.3. The molecule has 0 spiro atoms. The summed E-state index contributed by atoms with van der Waals surface area (Å²) in [6.45, 7) is 6.53. The van der Waals surface area contributed by atoms with Gasteiger partial charge in [0.15, 0.2) is 5.82 Å². The van der Waals surface area contributed by atoms with Gasteiger partial charge in [-0.05, 0) is 47.4 Å². The van der Waals surface area contributed by atoms with Crippen molar-refractivity contribution in [1.82, 2.24) is 9.38 Å². The number of nitrogens with zero attached hydrogens (tertiary/aromatic N) is 2. The summed E-state index contributed by atoms with van der Waals surface area (Å²) in [7, 11) is 0. The van der Waals surface area contributed by atoms with E-state index < -0.39 is 0 Å². The molecule has 0 fully saturated rings. The molecule has 0 atom stereocenters. The van der Waals surface area contributed by atoms with E-state index in [1.807, 2.05) is 65.2 Å². The summed E-state index contributed by atoms with van der Waals surface area (Å²) >= 11 is 0. The van der Waals surface area contributed by atoms with Gasteiger partial charge in [0.2, 0.25) is 5.71 Å². The summed E-state index contributed by atoms with van der Waals surface area (Å²) in [5.41, 5.74) is 5.74. The number of furan rings is 1. The van der Waals surface area contributed by atoms with Crippen LogP contribution in [0.4, 0.5) is 4.39 Å². The van der Waals surface area contributed by atoms with Gasteiger partial charge in [0.05, 0.1) is 16.7 Å². The van der Waals surface area contributed by atoms with Crippen molar-refractivity contribution in [3.63, 3.8) is 0 Å². The Morgan fingerprint density at radius 1 is 0.806 bits per heavy atom. The molecular weight excluding hydrogens is 387 g/mol. The first kappa shape index (κ1) is 18.1. The van der Waals surface area contributed by atoms with E-state index in [9.17, 15) is 0 Å². The first-order chi connectivity index (χ1) is 14.9. The molecule has 0 saturated heterocycles. The summed E-state index contributed by atoms with van der Waals surface area (Å²) in [6.07, 6.45) is 1.93. The Hall–Kier alpha value is -3.66. The lowest BCUT2D eigenvalue weighted by atomic mass is 9.88. The van der Waals surface area contributed by atoms with E-state index in [1.165, 1.54) is 5.56 Å². The van der Waals surface area contributed by atoms with Crippen molar-refractivity contribution in [3.8, 4) is 11.3 Å². The first-order valence-electron chi connectivity index (χ1n) is 10.4. The standard InChI is InChI=1S/C27H21FN2O/c1-27(2,3)16-11-13-21(29-15-16)19-9-6-8-17-18-12-14-23-24(28)20-7-4-5-10-22(20)30(23)26(18)31-25(17)19/h4-15H,1-3H3. The summed E-state index contributed by atoms with van der Waals surface area (Å²) in [6, 6.07) is 21.5. The van der Waals surface area contributed by atoms with Gasteiger partial charge in [-0.3, -0.25) is 9.38 Å². The molecule has 4 aromatic heterocycles. The van der Waals surface area contributed by atoms with Gasteiger partial charge in [-0.1, -0.05) is 51.1 Å². The van der Waals surface area contributed by atoms with Crippen LogP contribution >= 0.6 is 0 Å². The fourth-order valence-electron chi connectivity index (χ4n) is 4.40. The largest absolute Gasteiger partial charge is 0.438 e. The minimum Gasteiger partial charge on any atom is -0.438 e. The number of pyridine rings is 2. The van der Waals surface area contributed by atoms with Crippen LogP contribution in [0.15, 0.2) is 77.3 Å². The molecule has 0 aliphatic rings. The van der Waals surface area contributed by atoms with Crippen LogP contribution in [-0.2, 0) is 5.41 Å². The van der Waals surface area contributed by atoms with E-state index in [0.29, 0.717) is 16.6 Å². The molecule has 0 N–H and O–H groups in total. The fraction of sp³-hybridized carbons (Fsp3) is 0.148. The summed E-state index contributed by atoms with van der Waals surface area (Å²) in [5, 5.41) is 2.54. The van der Waals surface area contributed by atoms with Crippen molar-refractivity contribution in [2.24, 2.45) is 0 Å². The molecule has 0 saturated carbocycles. The number of halogens is 1. The number of hydrogen-bond acceptors (Lipinski definition) is 2. The Morgan fingerprint density at radius 3 is 2.39 bits per heavy atom. The molecule has 0 radical (unpaired) electrons. The third-order valence-corrected chi connectivity index (χ3v) is 6.10. The monoisotopic (exact) mass is 408 g/mol. The third kappa shape index (κ3) is 2.54. The predicted molar refractivity (Wildman–Crippen MR) is 124 cm³/mol. The van der Waals surface area contributed by atoms with Crippen molar-refractivity contribution in [3.05, 3.63) is 84.3 Å². The summed E-state index contributed by atoms with van der Waals surface area (Å²) < 4.78 is 23.3. The van der Waals surface area contributed by atoms with E-state index in [0.717, 1.165) is 33.1 Å². The minimum atomic E-state index is -0.224. The maximum atomic E-state index is 15.0. The molecule has 6 rings (SSSR count). The van der Waals surface area contributed by atoms with Crippen LogP contribution in [0, 0.1) is 5.82 Å². The number of aromatic nitrogens is 2. The van der Waals surface area contributed by atoms with Crippen molar-refractivity contribution in [2.75, 3.05) is 0 Å². The van der Waals surface area contributed by atoms with Gasteiger partial charge in [0.1, 0.15) is 5.58 Å². The summed E-state index contributed by atoms with van der Waals surface area (Å²) in [4.78, 5) is 4.73. The van der Waals surface area contributed by atoms with Crippen LogP contribution in [0.2, 0.25) is 0 Å². The quantitative estimate of drug-likeness (QED) is 0.282. The number of rotatable bonds is 1. The Morgan fingerprint density at radius 2 is 1.61 bits per heavy atom. The van der Waals surface area contributed by atoms with Gasteiger partial charge in [-0.15, -0.1) is 0 Å². The van der Waals surface area contributed by atoms with Crippen LogP contribution in [0.5, 0.6) is 0 Å². The Kier molecular flexibility index (Phi) is 3.61. The van der Waals surface area contributed by atoms with E-state index >= 15 is 4.39 Å². The third-order valence-electron chi connectivity index (χ3n) is 6.10. The van der Waals surface area contributed by atoms with Gasteiger partial charge >= 0.3 is 0 Å². The lowest BCUT2D eigenvalue weighted by Crippen LogP contribution is -2.11. The molecule has 6 aromatic rings. The van der Waals surface area contributed by atoms with E-state index in [2.05, 4.69) is 26.8 Å². The van der Waals surface area contributed by atoms with Gasteiger partial charge in [-0.25, -0.2) is 4.39 Å². The van der Waals surface area contributed by atoms with Gasteiger partial charge in [0.25, 0.3) is 0 Å². The molecule has 4 heteroatoms. The summed E-state index contributed by atoms with van der Waals surface area (Å²) in [5.74, 6) is -0.224. The molecule has 0 bridgehead atoms. The Labute approximate surface area is 178 Å². The highest BCUT2D eigenvalue weighted by Gasteiger charge is 2.20. The minimum absolute atomic E-state index is 0.0437. The van der Waals surface area contributed by atoms with Crippen LogP contribution in [-0.4, -0.2) is 9.38 Å².